The van der Waals surface area contributed by atoms with Crippen molar-refractivity contribution in [3.63, 3.8) is 0 Å². The van der Waals surface area contributed by atoms with E-state index < -0.39 is 5.54 Å². The van der Waals surface area contributed by atoms with E-state index in [1.807, 2.05) is 55.5 Å². The maximum Gasteiger partial charge on any atom is 0.231 e. The summed E-state index contributed by atoms with van der Waals surface area (Å²) >= 11 is 5.41. The molecular weight excluding hydrogens is 306 g/mol. The second kappa shape index (κ2) is 5.66. The third kappa shape index (κ3) is 2.80. The van der Waals surface area contributed by atoms with Gasteiger partial charge < -0.3 is 18.4 Å². The first-order valence-electron chi connectivity index (χ1n) is 7.39. The number of carbonyl (C=O) groups is 1. The number of aliphatic imine (C=N–C) groups is 1. The SMILES string of the molecule is CN1C(=O)CC(C)(c2cccc(-c3ccccc3[S-])c2)N=C1N. The van der Waals surface area contributed by atoms with Gasteiger partial charge in [-0.3, -0.25) is 9.69 Å². The molecule has 2 aromatic rings. The van der Waals surface area contributed by atoms with Crippen LogP contribution >= 0.6 is 0 Å². The van der Waals surface area contributed by atoms with E-state index in [4.69, 9.17) is 18.4 Å². The van der Waals surface area contributed by atoms with E-state index in [1.165, 1.54) is 4.90 Å². The largest absolute Gasteiger partial charge is 0.779 e. The molecule has 0 bridgehead atoms. The predicted octanol–water partition coefficient (Wildman–Crippen LogP) is 2.65. The number of benzene rings is 2. The monoisotopic (exact) mass is 324 g/mol. The number of nitrogens with zero attached hydrogens (tertiary/aromatic N) is 2. The number of guanidine groups is 1. The molecule has 1 amide bonds. The van der Waals surface area contributed by atoms with Gasteiger partial charge in [0.25, 0.3) is 0 Å². The van der Waals surface area contributed by atoms with E-state index in [-0.39, 0.29) is 11.9 Å². The topological polar surface area (TPSA) is 58.7 Å². The summed E-state index contributed by atoms with van der Waals surface area (Å²) in [7, 11) is 1.64. The summed E-state index contributed by atoms with van der Waals surface area (Å²) in [6.45, 7) is 1.93. The van der Waals surface area contributed by atoms with Crippen LogP contribution in [-0.2, 0) is 23.0 Å². The quantitative estimate of drug-likeness (QED) is 0.864. The van der Waals surface area contributed by atoms with Crippen LogP contribution in [0, 0.1) is 0 Å². The van der Waals surface area contributed by atoms with Crippen LogP contribution < -0.4 is 5.73 Å². The molecule has 1 aliphatic rings. The van der Waals surface area contributed by atoms with Gasteiger partial charge in [-0.2, -0.15) is 4.90 Å². The first kappa shape index (κ1) is 15.5. The minimum Gasteiger partial charge on any atom is -0.779 e. The second-order valence-corrected chi connectivity index (χ2v) is 6.39. The van der Waals surface area contributed by atoms with Gasteiger partial charge in [0.05, 0.1) is 12.0 Å². The Bertz CT molecular complexity index is 802. The molecule has 118 valence electrons. The summed E-state index contributed by atoms with van der Waals surface area (Å²) < 4.78 is 0. The summed E-state index contributed by atoms with van der Waals surface area (Å²) in [5, 5.41) is 0. The smallest absolute Gasteiger partial charge is 0.231 e. The Balaban J connectivity index is 2.07. The number of hydrogen-bond acceptors (Lipinski definition) is 4. The number of nitrogens with two attached hydrogens (primary N) is 1. The molecule has 0 saturated heterocycles. The van der Waals surface area contributed by atoms with Crippen molar-refractivity contribution in [1.82, 2.24) is 4.90 Å². The van der Waals surface area contributed by atoms with Gasteiger partial charge in [0, 0.05) is 7.05 Å². The zero-order chi connectivity index (χ0) is 16.6. The van der Waals surface area contributed by atoms with Crippen LogP contribution in [0.5, 0.6) is 0 Å². The fraction of sp³-hybridized carbons (Fsp3) is 0.222. The van der Waals surface area contributed by atoms with Crippen molar-refractivity contribution in [3.8, 4) is 11.1 Å². The Morgan fingerprint density at radius 1 is 1.22 bits per heavy atom. The molecule has 0 fully saturated rings. The Morgan fingerprint density at radius 2 is 1.96 bits per heavy atom. The Kier molecular flexibility index (Phi) is 3.82. The molecule has 2 N–H and O–H groups in total. The molecule has 0 radical (unpaired) electrons. The van der Waals surface area contributed by atoms with Crippen molar-refractivity contribution in [2.45, 2.75) is 23.8 Å². The highest BCUT2D eigenvalue weighted by molar-refractivity contribution is 7.59. The molecule has 3 rings (SSSR count). The minimum atomic E-state index is -0.653. The first-order valence-corrected chi connectivity index (χ1v) is 7.80. The highest BCUT2D eigenvalue weighted by Crippen LogP contribution is 2.35. The average Bonchev–Trinajstić information content (AvgIpc) is 2.53. The van der Waals surface area contributed by atoms with Crippen LogP contribution in [0.2, 0.25) is 0 Å². The minimum absolute atomic E-state index is 0.0333. The lowest BCUT2D eigenvalue weighted by atomic mass is 9.86. The molecule has 0 aromatic heterocycles. The zero-order valence-corrected chi connectivity index (χ0v) is 13.9. The van der Waals surface area contributed by atoms with E-state index in [1.54, 1.807) is 7.05 Å². The maximum absolute atomic E-state index is 12.2. The van der Waals surface area contributed by atoms with E-state index in [9.17, 15) is 4.79 Å². The van der Waals surface area contributed by atoms with Crippen LogP contribution in [0.3, 0.4) is 0 Å². The molecule has 1 unspecified atom stereocenters. The Labute approximate surface area is 141 Å². The van der Waals surface area contributed by atoms with Crippen molar-refractivity contribution < 1.29 is 4.79 Å². The predicted molar refractivity (Wildman–Crippen MR) is 93.9 cm³/mol. The second-order valence-electron chi connectivity index (χ2n) is 5.95. The average molecular weight is 324 g/mol. The molecule has 2 aromatic carbocycles. The van der Waals surface area contributed by atoms with Crippen LogP contribution in [0.4, 0.5) is 0 Å². The summed E-state index contributed by atoms with van der Waals surface area (Å²) in [6.07, 6.45) is 0.295. The van der Waals surface area contributed by atoms with Crippen LogP contribution in [0.25, 0.3) is 11.1 Å². The molecule has 0 spiro atoms. The van der Waals surface area contributed by atoms with Gasteiger partial charge in [-0.1, -0.05) is 42.5 Å². The van der Waals surface area contributed by atoms with E-state index >= 15 is 0 Å². The normalized spacial score (nSPS) is 21.2. The fourth-order valence-corrected chi connectivity index (χ4v) is 3.07. The molecule has 1 heterocycles. The lowest BCUT2D eigenvalue weighted by molar-refractivity contribution is -0.128. The van der Waals surface area contributed by atoms with Crippen molar-refractivity contribution >= 4 is 24.5 Å². The number of carbonyl (C=O) groups excluding carboxylic acids is 1. The lowest BCUT2D eigenvalue weighted by Gasteiger charge is -2.34. The Morgan fingerprint density at radius 3 is 2.65 bits per heavy atom. The van der Waals surface area contributed by atoms with Gasteiger partial charge in [-0.05, 0) is 29.7 Å². The van der Waals surface area contributed by atoms with E-state index in [0.29, 0.717) is 6.42 Å². The van der Waals surface area contributed by atoms with Gasteiger partial charge in [0.1, 0.15) is 0 Å². The third-order valence-electron chi connectivity index (χ3n) is 4.26. The van der Waals surface area contributed by atoms with Crippen molar-refractivity contribution in [2.75, 3.05) is 7.05 Å². The molecule has 4 nitrogen and oxygen atoms in total. The van der Waals surface area contributed by atoms with E-state index in [0.717, 1.165) is 21.6 Å². The molecule has 1 aliphatic heterocycles. The lowest BCUT2D eigenvalue weighted by Crippen LogP contribution is -2.47. The molecule has 23 heavy (non-hydrogen) atoms. The summed E-state index contributed by atoms with van der Waals surface area (Å²) in [5.41, 5.74) is 8.22. The van der Waals surface area contributed by atoms with Crippen LogP contribution in [0.1, 0.15) is 18.9 Å². The Hall–Kier alpha value is -2.40. The number of rotatable bonds is 2. The van der Waals surface area contributed by atoms with Crippen molar-refractivity contribution in [1.29, 1.82) is 0 Å². The highest BCUT2D eigenvalue weighted by atomic mass is 32.1. The molecule has 5 heteroatoms. The fourth-order valence-electron chi connectivity index (χ4n) is 2.80. The summed E-state index contributed by atoms with van der Waals surface area (Å²) in [6, 6.07) is 15.8. The van der Waals surface area contributed by atoms with Crippen molar-refractivity contribution in [3.05, 3.63) is 54.1 Å². The first-order chi connectivity index (χ1) is 10.9. The molecule has 0 aliphatic carbocycles. The van der Waals surface area contributed by atoms with Crippen molar-refractivity contribution in [2.24, 2.45) is 10.7 Å². The molecule has 0 saturated carbocycles. The van der Waals surface area contributed by atoms with Gasteiger partial charge in [-0.25, -0.2) is 4.99 Å². The summed E-state index contributed by atoms with van der Waals surface area (Å²) in [4.78, 5) is 18.9. The third-order valence-corrected chi connectivity index (χ3v) is 4.61. The molecular formula is C18H18N3OS-. The summed E-state index contributed by atoms with van der Waals surface area (Å²) in [5.74, 6) is 0.215. The zero-order valence-electron chi connectivity index (χ0n) is 13.1. The van der Waals surface area contributed by atoms with Crippen LogP contribution in [0.15, 0.2) is 58.4 Å². The number of amides is 1. The van der Waals surface area contributed by atoms with Gasteiger partial charge in [0.2, 0.25) is 5.91 Å². The van der Waals surface area contributed by atoms with E-state index in [2.05, 4.69) is 4.99 Å². The molecule has 1 atom stereocenters. The van der Waals surface area contributed by atoms with Gasteiger partial charge in [-0.15, -0.1) is 0 Å². The van der Waals surface area contributed by atoms with Gasteiger partial charge >= 0.3 is 0 Å². The number of hydrogen-bond donors (Lipinski definition) is 1. The van der Waals surface area contributed by atoms with Crippen LogP contribution in [-0.4, -0.2) is 23.8 Å². The van der Waals surface area contributed by atoms with Gasteiger partial charge in [0.15, 0.2) is 5.96 Å². The standard InChI is InChI=1S/C18H19N3OS/c1-18(11-16(22)21(2)17(19)20-18)13-7-5-6-12(10-13)14-8-3-4-9-15(14)23/h3-10,23H,11H2,1-2H3,(H2,19,20)/p-1. The highest BCUT2D eigenvalue weighted by Gasteiger charge is 2.36. The maximum atomic E-state index is 12.2.